The lowest BCUT2D eigenvalue weighted by Crippen LogP contribution is -2.25. The predicted molar refractivity (Wildman–Crippen MR) is 68.3 cm³/mol. The van der Waals surface area contributed by atoms with Crippen LogP contribution < -0.4 is 10.0 Å². The van der Waals surface area contributed by atoms with Crippen molar-refractivity contribution < 1.29 is 9.90 Å². The van der Waals surface area contributed by atoms with E-state index >= 15 is 0 Å². The molecule has 0 radical (unpaired) electrons. The first kappa shape index (κ1) is 13.6. The van der Waals surface area contributed by atoms with E-state index in [0.717, 1.165) is 12.8 Å². The van der Waals surface area contributed by atoms with Crippen LogP contribution in [0.1, 0.15) is 36.2 Å². The number of carbonyl (C=O) groups excluding carboxylic acids is 1. The first-order valence-corrected chi connectivity index (χ1v) is 5.93. The average molecular weight is 234 g/mol. The van der Waals surface area contributed by atoms with Crippen LogP contribution >= 0.6 is 0 Å². The molecule has 0 amide bonds. The van der Waals surface area contributed by atoms with Crippen LogP contribution in [-0.2, 0) is 6.42 Å². The van der Waals surface area contributed by atoms with Gasteiger partial charge in [-0.05, 0) is 30.4 Å². The Bertz CT molecular complexity index is 397. The lowest BCUT2D eigenvalue weighted by atomic mass is 10.0. The molecule has 0 aromatic heterocycles. The molecule has 3 nitrogen and oxygen atoms in total. The van der Waals surface area contributed by atoms with E-state index in [4.69, 9.17) is 0 Å². The standard InChI is InChI=1S/C14H21NO2/c1-10(2)5-6-11-7-8-12(14(16)17)13(9-11)15(3)4/h7-10H,5-6H2,1-4H3,(H,16,17)/p-1. The van der Waals surface area contributed by atoms with Gasteiger partial charge in [0.1, 0.15) is 0 Å². The number of aromatic carboxylic acids is 1. The molecule has 0 saturated heterocycles. The summed E-state index contributed by atoms with van der Waals surface area (Å²) in [5.74, 6) is -0.470. The van der Waals surface area contributed by atoms with Gasteiger partial charge in [0.2, 0.25) is 0 Å². The molecule has 0 saturated carbocycles. The summed E-state index contributed by atoms with van der Waals surface area (Å²) in [6, 6.07) is 5.45. The van der Waals surface area contributed by atoms with Crippen molar-refractivity contribution >= 4 is 11.7 Å². The van der Waals surface area contributed by atoms with Crippen molar-refractivity contribution in [2.45, 2.75) is 26.7 Å². The molecule has 1 aromatic rings. The van der Waals surface area contributed by atoms with E-state index in [1.165, 1.54) is 5.56 Å². The number of benzene rings is 1. The van der Waals surface area contributed by atoms with Crippen molar-refractivity contribution in [3.63, 3.8) is 0 Å². The number of hydrogen-bond donors (Lipinski definition) is 0. The number of anilines is 1. The minimum absolute atomic E-state index is 0.253. The third-order valence-electron chi connectivity index (χ3n) is 2.77. The summed E-state index contributed by atoms with van der Waals surface area (Å²) in [7, 11) is 3.68. The minimum atomic E-state index is -1.12. The van der Waals surface area contributed by atoms with Gasteiger partial charge in [-0.25, -0.2) is 0 Å². The topological polar surface area (TPSA) is 43.4 Å². The summed E-state index contributed by atoms with van der Waals surface area (Å²) >= 11 is 0. The zero-order valence-corrected chi connectivity index (χ0v) is 11.0. The van der Waals surface area contributed by atoms with Crippen molar-refractivity contribution in [1.29, 1.82) is 0 Å². The van der Waals surface area contributed by atoms with Crippen molar-refractivity contribution in [2.75, 3.05) is 19.0 Å². The van der Waals surface area contributed by atoms with E-state index in [2.05, 4.69) is 13.8 Å². The number of carbonyl (C=O) groups is 1. The summed E-state index contributed by atoms with van der Waals surface area (Å²) < 4.78 is 0. The van der Waals surface area contributed by atoms with Gasteiger partial charge in [0, 0.05) is 25.3 Å². The molecule has 0 aliphatic carbocycles. The molecule has 0 aliphatic heterocycles. The summed E-state index contributed by atoms with van der Waals surface area (Å²) in [6.45, 7) is 4.37. The second-order valence-corrected chi connectivity index (χ2v) is 4.97. The van der Waals surface area contributed by atoms with Crippen LogP contribution in [-0.4, -0.2) is 20.1 Å². The number of carboxylic acid groups (broad SMARTS) is 1. The Morgan fingerprint density at radius 2 is 2.00 bits per heavy atom. The fourth-order valence-electron chi connectivity index (χ4n) is 1.73. The van der Waals surface area contributed by atoms with Gasteiger partial charge in [-0.3, -0.25) is 0 Å². The van der Waals surface area contributed by atoms with Crippen LogP contribution in [0.2, 0.25) is 0 Å². The molecule has 0 fully saturated rings. The maximum atomic E-state index is 11.0. The van der Waals surface area contributed by atoms with Gasteiger partial charge in [0.15, 0.2) is 0 Å². The van der Waals surface area contributed by atoms with Gasteiger partial charge < -0.3 is 14.8 Å². The second-order valence-electron chi connectivity index (χ2n) is 4.97. The van der Waals surface area contributed by atoms with Gasteiger partial charge in [0.05, 0.1) is 5.97 Å². The second kappa shape index (κ2) is 5.71. The van der Waals surface area contributed by atoms with Gasteiger partial charge >= 0.3 is 0 Å². The molecule has 0 spiro atoms. The van der Waals surface area contributed by atoms with Crippen LogP contribution in [0.15, 0.2) is 18.2 Å². The highest BCUT2D eigenvalue weighted by Crippen LogP contribution is 2.21. The van der Waals surface area contributed by atoms with Crippen molar-refractivity contribution in [2.24, 2.45) is 5.92 Å². The highest BCUT2D eigenvalue weighted by molar-refractivity contribution is 5.93. The molecule has 17 heavy (non-hydrogen) atoms. The number of nitrogens with zero attached hydrogens (tertiary/aromatic N) is 1. The van der Waals surface area contributed by atoms with Crippen LogP contribution in [0.5, 0.6) is 0 Å². The fourth-order valence-corrected chi connectivity index (χ4v) is 1.73. The normalized spacial score (nSPS) is 10.6. The Kier molecular flexibility index (Phi) is 4.55. The Morgan fingerprint density at radius 3 is 2.47 bits per heavy atom. The van der Waals surface area contributed by atoms with Crippen molar-refractivity contribution in [3.8, 4) is 0 Å². The summed E-state index contributed by atoms with van der Waals surface area (Å²) in [4.78, 5) is 12.8. The maximum Gasteiger partial charge on any atom is 0.0736 e. The molecular formula is C14H20NO2-. The highest BCUT2D eigenvalue weighted by atomic mass is 16.4. The molecule has 1 aromatic carbocycles. The lowest BCUT2D eigenvalue weighted by molar-refractivity contribution is -0.254. The molecule has 0 N–H and O–H groups in total. The summed E-state index contributed by atoms with van der Waals surface area (Å²) in [6.07, 6.45) is 2.09. The molecule has 3 heteroatoms. The number of rotatable bonds is 5. The molecule has 94 valence electrons. The lowest BCUT2D eigenvalue weighted by Gasteiger charge is -2.19. The molecule has 0 aliphatic rings. The zero-order valence-electron chi connectivity index (χ0n) is 11.0. The van der Waals surface area contributed by atoms with E-state index in [0.29, 0.717) is 11.6 Å². The number of carboxylic acids is 1. The fraction of sp³-hybridized carbons (Fsp3) is 0.500. The van der Waals surface area contributed by atoms with Crippen molar-refractivity contribution in [1.82, 2.24) is 0 Å². The average Bonchev–Trinajstić information content (AvgIpc) is 2.25. The minimum Gasteiger partial charge on any atom is -0.545 e. The number of hydrogen-bond acceptors (Lipinski definition) is 3. The predicted octanol–water partition coefficient (Wildman–Crippen LogP) is 1.70. The first-order valence-electron chi connectivity index (χ1n) is 5.93. The van der Waals surface area contributed by atoms with Crippen molar-refractivity contribution in [3.05, 3.63) is 29.3 Å². The smallest absolute Gasteiger partial charge is 0.0736 e. The van der Waals surface area contributed by atoms with Gasteiger partial charge in [0.25, 0.3) is 0 Å². The van der Waals surface area contributed by atoms with Crippen LogP contribution in [0.25, 0.3) is 0 Å². The van der Waals surface area contributed by atoms with E-state index in [1.54, 1.807) is 6.07 Å². The van der Waals surface area contributed by atoms with E-state index in [-0.39, 0.29) is 5.56 Å². The third-order valence-corrected chi connectivity index (χ3v) is 2.77. The highest BCUT2D eigenvalue weighted by Gasteiger charge is 2.07. The monoisotopic (exact) mass is 234 g/mol. The third kappa shape index (κ3) is 3.77. The van der Waals surface area contributed by atoms with Crippen LogP contribution in [0.4, 0.5) is 5.69 Å². The molecular weight excluding hydrogens is 214 g/mol. The summed E-state index contributed by atoms with van der Waals surface area (Å²) in [5, 5.41) is 11.0. The van der Waals surface area contributed by atoms with E-state index in [9.17, 15) is 9.90 Å². The molecule has 0 bridgehead atoms. The van der Waals surface area contributed by atoms with E-state index in [1.807, 2.05) is 31.1 Å². The number of aryl methyl sites for hydroxylation is 1. The molecule has 0 heterocycles. The Balaban J connectivity index is 2.97. The Hall–Kier alpha value is -1.51. The van der Waals surface area contributed by atoms with Crippen LogP contribution in [0.3, 0.4) is 0 Å². The maximum absolute atomic E-state index is 11.0. The first-order chi connectivity index (χ1) is 7.91. The Labute approximate surface area is 103 Å². The van der Waals surface area contributed by atoms with Crippen LogP contribution in [0, 0.1) is 5.92 Å². The largest absolute Gasteiger partial charge is 0.545 e. The quantitative estimate of drug-likeness (QED) is 0.779. The van der Waals surface area contributed by atoms with E-state index < -0.39 is 5.97 Å². The zero-order chi connectivity index (χ0) is 13.0. The van der Waals surface area contributed by atoms with Gasteiger partial charge in [-0.1, -0.05) is 26.0 Å². The molecule has 0 unspecified atom stereocenters. The summed E-state index contributed by atoms with van der Waals surface area (Å²) in [5.41, 5.74) is 2.14. The molecule has 0 atom stereocenters. The Morgan fingerprint density at radius 1 is 1.35 bits per heavy atom. The SMILES string of the molecule is CC(C)CCc1ccc(C(=O)[O-])c(N(C)C)c1. The van der Waals surface area contributed by atoms with Gasteiger partial charge in [-0.15, -0.1) is 0 Å². The van der Waals surface area contributed by atoms with Gasteiger partial charge in [-0.2, -0.15) is 0 Å². The molecule has 1 rings (SSSR count).